The zero-order chi connectivity index (χ0) is 23.8. The maximum atomic E-state index is 13.9. The van der Waals surface area contributed by atoms with Crippen LogP contribution in [0.2, 0.25) is 0 Å². The predicted molar refractivity (Wildman–Crippen MR) is 123 cm³/mol. The lowest BCUT2D eigenvalue weighted by molar-refractivity contribution is -0.152. The minimum Gasteiger partial charge on any atom is -0.396 e. The first-order valence-electron chi connectivity index (χ1n) is 12.3. The van der Waals surface area contributed by atoms with Crippen LogP contribution < -0.4 is 0 Å². The molecule has 0 bridgehead atoms. The van der Waals surface area contributed by atoms with E-state index < -0.39 is 29.1 Å². The molecule has 0 aromatic heterocycles. The number of unbranched alkanes of at least 4 members (excludes halogenated alkanes) is 3. The van der Waals surface area contributed by atoms with Gasteiger partial charge in [-0.1, -0.05) is 37.6 Å². The van der Waals surface area contributed by atoms with E-state index in [1.807, 2.05) is 36.1 Å². The summed E-state index contributed by atoms with van der Waals surface area (Å²) in [4.78, 5) is 46.4. The van der Waals surface area contributed by atoms with E-state index in [9.17, 15) is 14.4 Å². The Hall–Kier alpha value is -2.19. The van der Waals surface area contributed by atoms with E-state index in [0.717, 1.165) is 19.3 Å². The molecule has 4 aliphatic rings. The number of nitrogens with zero attached hydrogens (tertiary/aromatic N) is 3. The molecular weight excluding hydrogens is 422 g/mol. The Bertz CT molecular complexity index is 857. The molecule has 0 aromatic rings. The standard InChI is InChI=1S/C25H37N3O5/c1-4-5-14-27-15-10-12-25-19(18-21(30)26(3)13-9-11-24(18,2)33-25)22(31)28(20(25)23(27)32)16-7-6-8-17-29/h9-12,18-20,29H,4-8,13-17H2,1-3H3/t18-,19+,20?,24+,25+/m1/s1. The van der Waals surface area contributed by atoms with E-state index in [2.05, 4.69) is 6.92 Å². The first-order valence-corrected chi connectivity index (χ1v) is 12.3. The van der Waals surface area contributed by atoms with Crippen molar-refractivity contribution in [3.63, 3.8) is 0 Å². The van der Waals surface area contributed by atoms with Crippen LogP contribution in [0.4, 0.5) is 0 Å². The number of hydrogen-bond acceptors (Lipinski definition) is 5. The van der Waals surface area contributed by atoms with E-state index >= 15 is 0 Å². The van der Waals surface area contributed by atoms with Crippen molar-refractivity contribution in [2.45, 2.75) is 63.2 Å². The molecule has 8 nitrogen and oxygen atoms in total. The minimum atomic E-state index is -1.16. The number of likely N-dealkylation sites (tertiary alicyclic amines) is 1. The Morgan fingerprint density at radius 3 is 2.45 bits per heavy atom. The molecular formula is C25H37N3O5. The van der Waals surface area contributed by atoms with Gasteiger partial charge >= 0.3 is 0 Å². The quantitative estimate of drug-likeness (QED) is 0.437. The highest BCUT2D eigenvalue weighted by Crippen LogP contribution is 2.57. The number of carbonyl (C=O) groups is 3. The second kappa shape index (κ2) is 9.22. The highest BCUT2D eigenvalue weighted by Gasteiger charge is 2.74. The average molecular weight is 460 g/mol. The normalized spacial score (nSPS) is 35.6. The number of rotatable bonds is 8. The molecule has 0 aromatic carbocycles. The van der Waals surface area contributed by atoms with Gasteiger partial charge in [-0.05, 0) is 32.6 Å². The molecule has 3 amide bonds. The topological polar surface area (TPSA) is 90.4 Å². The van der Waals surface area contributed by atoms with E-state index in [4.69, 9.17) is 9.84 Å². The SMILES string of the molecule is CCCCN1CC=C[C@]23O[C@@]4(C)C=CCN(C)C(=O)[C@H]4[C@H]2C(=O)N(CCCCCO)C3C1=O. The lowest BCUT2D eigenvalue weighted by Gasteiger charge is -2.37. The highest BCUT2D eigenvalue weighted by molar-refractivity contribution is 6.00. The Morgan fingerprint density at radius 2 is 1.73 bits per heavy atom. The van der Waals surface area contributed by atoms with Crippen LogP contribution in [0.1, 0.15) is 46.0 Å². The molecule has 1 unspecified atom stereocenters. The lowest BCUT2D eigenvalue weighted by Crippen LogP contribution is -2.56. The number of amides is 3. The third-order valence-electron chi connectivity index (χ3n) is 7.68. The highest BCUT2D eigenvalue weighted by atomic mass is 16.5. The largest absolute Gasteiger partial charge is 0.396 e. The maximum absolute atomic E-state index is 13.9. The van der Waals surface area contributed by atoms with Gasteiger partial charge in [0.15, 0.2) is 0 Å². The van der Waals surface area contributed by atoms with E-state index in [1.165, 1.54) is 0 Å². The molecule has 2 saturated heterocycles. The van der Waals surface area contributed by atoms with Gasteiger partial charge in [0.25, 0.3) is 0 Å². The summed E-state index contributed by atoms with van der Waals surface area (Å²) in [7, 11) is 1.74. The summed E-state index contributed by atoms with van der Waals surface area (Å²) in [6.07, 6.45) is 11.6. The van der Waals surface area contributed by atoms with Crippen LogP contribution in [-0.2, 0) is 19.1 Å². The van der Waals surface area contributed by atoms with Crippen LogP contribution in [0.3, 0.4) is 0 Å². The molecule has 8 heteroatoms. The van der Waals surface area contributed by atoms with Gasteiger partial charge in [-0.25, -0.2) is 0 Å². The van der Waals surface area contributed by atoms with Gasteiger partial charge in [-0.2, -0.15) is 0 Å². The third-order valence-corrected chi connectivity index (χ3v) is 7.68. The zero-order valence-electron chi connectivity index (χ0n) is 20.0. The molecule has 0 aliphatic carbocycles. The molecule has 4 rings (SSSR count). The Kier molecular flexibility index (Phi) is 6.69. The molecule has 33 heavy (non-hydrogen) atoms. The van der Waals surface area contributed by atoms with Gasteiger partial charge < -0.3 is 24.5 Å². The van der Waals surface area contributed by atoms with Crippen molar-refractivity contribution in [3.05, 3.63) is 24.3 Å². The molecule has 1 spiro atoms. The molecule has 4 aliphatic heterocycles. The summed E-state index contributed by atoms with van der Waals surface area (Å²) in [6.45, 7) is 6.05. The van der Waals surface area contributed by atoms with Crippen molar-refractivity contribution in [3.8, 4) is 0 Å². The summed E-state index contributed by atoms with van der Waals surface area (Å²) in [5, 5.41) is 9.14. The molecule has 5 atom stereocenters. The van der Waals surface area contributed by atoms with Crippen LogP contribution in [0.15, 0.2) is 24.3 Å². The summed E-state index contributed by atoms with van der Waals surface area (Å²) < 4.78 is 6.73. The maximum Gasteiger partial charge on any atom is 0.249 e. The third kappa shape index (κ3) is 3.81. The Morgan fingerprint density at radius 1 is 0.970 bits per heavy atom. The molecule has 0 saturated carbocycles. The van der Waals surface area contributed by atoms with Crippen LogP contribution in [0.25, 0.3) is 0 Å². The Labute approximate surface area is 196 Å². The first kappa shape index (κ1) is 24.0. The van der Waals surface area contributed by atoms with Crippen LogP contribution in [0, 0.1) is 11.8 Å². The van der Waals surface area contributed by atoms with Crippen LogP contribution in [-0.4, -0.2) is 94.6 Å². The molecule has 4 heterocycles. The summed E-state index contributed by atoms with van der Waals surface area (Å²) in [5.74, 6) is -1.82. The van der Waals surface area contributed by atoms with Crippen LogP contribution in [0.5, 0.6) is 0 Å². The fourth-order valence-corrected chi connectivity index (χ4v) is 6.05. The van der Waals surface area contributed by atoms with Crippen molar-refractivity contribution in [2.75, 3.05) is 39.8 Å². The van der Waals surface area contributed by atoms with E-state index in [1.54, 1.807) is 16.8 Å². The van der Waals surface area contributed by atoms with Gasteiger partial charge in [-0.15, -0.1) is 0 Å². The lowest BCUT2D eigenvalue weighted by atomic mass is 9.74. The number of ether oxygens (including phenoxy) is 1. The van der Waals surface area contributed by atoms with E-state index in [0.29, 0.717) is 39.0 Å². The average Bonchev–Trinajstić information content (AvgIpc) is 3.06. The number of carbonyl (C=O) groups excluding carboxylic acids is 3. The fraction of sp³-hybridized carbons (Fsp3) is 0.720. The van der Waals surface area contributed by atoms with Crippen LogP contribution >= 0.6 is 0 Å². The molecule has 2 fully saturated rings. The summed E-state index contributed by atoms with van der Waals surface area (Å²) in [5.41, 5.74) is -2.11. The van der Waals surface area contributed by atoms with Gasteiger partial charge in [0.05, 0.1) is 17.4 Å². The number of fused-ring (bicyclic) bond motifs is 2. The second-order valence-electron chi connectivity index (χ2n) is 9.97. The Balaban J connectivity index is 1.76. The van der Waals surface area contributed by atoms with Crippen molar-refractivity contribution in [1.29, 1.82) is 0 Å². The monoisotopic (exact) mass is 459 g/mol. The van der Waals surface area contributed by atoms with Gasteiger partial charge in [-0.3, -0.25) is 14.4 Å². The first-order chi connectivity index (χ1) is 15.8. The molecule has 0 radical (unpaired) electrons. The molecule has 1 N–H and O–H groups in total. The summed E-state index contributed by atoms with van der Waals surface area (Å²) >= 11 is 0. The van der Waals surface area contributed by atoms with Crippen molar-refractivity contribution in [2.24, 2.45) is 11.8 Å². The number of aliphatic hydroxyl groups excluding tert-OH is 1. The van der Waals surface area contributed by atoms with E-state index in [-0.39, 0.29) is 24.3 Å². The predicted octanol–water partition coefficient (Wildman–Crippen LogP) is 1.35. The van der Waals surface area contributed by atoms with Crippen molar-refractivity contribution < 1.29 is 24.2 Å². The van der Waals surface area contributed by atoms with Gasteiger partial charge in [0.2, 0.25) is 17.7 Å². The number of hydrogen-bond donors (Lipinski definition) is 1. The van der Waals surface area contributed by atoms with Crippen molar-refractivity contribution in [1.82, 2.24) is 14.7 Å². The summed E-state index contributed by atoms with van der Waals surface area (Å²) in [6, 6.07) is -0.782. The number of likely N-dealkylation sites (N-methyl/N-ethyl adjacent to an activating group) is 1. The van der Waals surface area contributed by atoms with Crippen molar-refractivity contribution >= 4 is 17.7 Å². The van der Waals surface area contributed by atoms with Gasteiger partial charge in [0, 0.05) is 39.8 Å². The minimum absolute atomic E-state index is 0.101. The zero-order valence-corrected chi connectivity index (χ0v) is 20.0. The fourth-order valence-electron chi connectivity index (χ4n) is 6.05. The number of aliphatic hydroxyl groups is 1. The second-order valence-corrected chi connectivity index (χ2v) is 9.97. The smallest absolute Gasteiger partial charge is 0.249 e. The van der Waals surface area contributed by atoms with Gasteiger partial charge in [0.1, 0.15) is 11.6 Å². The molecule has 182 valence electrons.